The van der Waals surface area contributed by atoms with Crippen molar-refractivity contribution in [2.24, 2.45) is 11.8 Å². The third-order valence-corrected chi connectivity index (χ3v) is 4.07. The zero-order valence-corrected chi connectivity index (χ0v) is 13.4. The smallest absolute Gasteiger partial charge is 0.411 e. The van der Waals surface area contributed by atoms with Crippen molar-refractivity contribution in [3.8, 4) is 0 Å². The zero-order chi connectivity index (χ0) is 17.4. The summed E-state index contributed by atoms with van der Waals surface area (Å²) in [6.07, 6.45) is 3.09. The van der Waals surface area contributed by atoms with Crippen LogP contribution in [-0.4, -0.2) is 37.0 Å². The van der Waals surface area contributed by atoms with Gasteiger partial charge in [0.25, 0.3) is 0 Å². The number of carboxylic acid groups (broad SMARTS) is 1. The van der Waals surface area contributed by atoms with Crippen molar-refractivity contribution >= 4 is 17.7 Å². The van der Waals surface area contributed by atoms with Crippen LogP contribution in [0.1, 0.15) is 25.7 Å². The van der Waals surface area contributed by atoms with Gasteiger partial charge >= 0.3 is 12.1 Å². The number of nitrogens with one attached hydrogen (secondary N) is 1. The standard InChI is InChI=1S/C17H22FNO5/c18-14-2-1-3-15(8-14)19-17(22)24-10-13-6-4-12(5-7-13)9-23-11-16(20)21/h1-3,8,12-13H,4-7,9-11H2,(H,19,22)(H,20,21)/t12-,13-. The second-order valence-corrected chi connectivity index (χ2v) is 6.03. The lowest BCUT2D eigenvalue weighted by Crippen LogP contribution is -2.25. The lowest BCUT2D eigenvalue weighted by molar-refractivity contribution is -0.142. The molecule has 0 saturated heterocycles. The highest BCUT2D eigenvalue weighted by molar-refractivity contribution is 5.84. The molecule has 0 spiro atoms. The van der Waals surface area contributed by atoms with Gasteiger partial charge in [-0.3, -0.25) is 5.32 Å². The van der Waals surface area contributed by atoms with Gasteiger partial charge in [-0.15, -0.1) is 0 Å². The Morgan fingerprint density at radius 1 is 1.17 bits per heavy atom. The van der Waals surface area contributed by atoms with Crippen LogP contribution in [0.15, 0.2) is 24.3 Å². The number of carbonyl (C=O) groups excluding carboxylic acids is 1. The first-order valence-electron chi connectivity index (χ1n) is 8.02. The molecule has 0 aromatic heterocycles. The summed E-state index contributed by atoms with van der Waals surface area (Å²) >= 11 is 0. The minimum atomic E-state index is -0.957. The first kappa shape index (κ1) is 18.2. The molecule has 0 aliphatic heterocycles. The van der Waals surface area contributed by atoms with Gasteiger partial charge in [0.15, 0.2) is 0 Å². The number of carbonyl (C=O) groups is 2. The topological polar surface area (TPSA) is 84.9 Å². The van der Waals surface area contributed by atoms with Crippen molar-refractivity contribution in [1.29, 1.82) is 0 Å². The fourth-order valence-electron chi connectivity index (χ4n) is 2.79. The molecule has 1 aliphatic carbocycles. The number of ether oxygens (including phenoxy) is 2. The average Bonchev–Trinajstić information content (AvgIpc) is 2.54. The molecular weight excluding hydrogens is 317 g/mol. The third-order valence-electron chi connectivity index (χ3n) is 4.07. The Labute approximate surface area is 139 Å². The lowest BCUT2D eigenvalue weighted by atomic mass is 9.83. The molecule has 0 radical (unpaired) electrons. The van der Waals surface area contributed by atoms with Crippen LogP contribution in [0.25, 0.3) is 0 Å². The Morgan fingerprint density at radius 3 is 2.46 bits per heavy atom. The van der Waals surface area contributed by atoms with E-state index in [0.29, 0.717) is 30.7 Å². The Bertz CT molecular complexity index is 558. The highest BCUT2D eigenvalue weighted by Gasteiger charge is 2.22. The molecular formula is C17H22FNO5. The fraction of sp³-hybridized carbons (Fsp3) is 0.529. The minimum Gasteiger partial charge on any atom is -0.480 e. The fourth-order valence-corrected chi connectivity index (χ4v) is 2.79. The maximum Gasteiger partial charge on any atom is 0.411 e. The van der Waals surface area contributed by atoms with Gasteiger partial charge in [-0.1, -0.05) is 6.07 Å². The number of rotatable bonds is 7. The van der Waals surface area contributed by atoms with Crippen LogP contribution in [0.2, 0.25) is 0 Å². The van der Waals surface area contributed by atoms with E-state index in [1.807, 2.05) is 0 Å². The number of amides is 1. The van der Waals surface area contributed by atoms with Crippen LogP contribution in [0.5, 0.6) is 0 Å². The first-order chi connectivity index (χ1) is 11.5. The number of halogens is 1. The SMILES string of the molecule is O=C(O)COC[C@H]1CC[C@H](COC(=O)Nc2cccc(F)c2)CC1. The number of anilines is 1. The number of benzene rings is 1. The van der Waals surface area contributed by atoms with Gasteiger partial charge in [-0.25, -0.2) is 14.0 Å². The van der Waals surface area contributed by atoms with E-state index < -0.39 is 17.9 Å². The molecule has 1 aromatic carbocycles. The van der Waals surface area contributed by atoms with Gasteiger partial charge in [-0.2, -0.15) is 0 Å². The predicted octanol–water partition coefficient (Wildman–Crippen LogP) is 3.28. The quantitative estimate of drug-likeness (QED) is 0.796. The maximum atomic E-state index is 13.0. The third kappa shape index (κ3) is 6.54. The van der Waals surface area contributed by atoms with Crippen LogP contribution in [0.3, 0.4) is 0 Å². The van der Waals surface area contributed by atoms with Crippen molar-refractivity contribution < 1.29 is 28.6 Å². The molecule has 1 saturated carbocycles. The highest BCUT2D eigenvalue weighted by atomic mass is 19.1. The summed E-state index contributed by atoms with van der Waals surface area (Å²) in [5.41, 5.74) is 0.360. The van der Waals surface area contributed by atoms with Crippen molar-refractivity contribution in [2.45, 2.75) is 25.7 Å². The number of hydrogen-bond donors (Lipinski definition) is 2. The monoisotopic (exact) mass is 339 g/mol. The Kier molecular flexibility index (Phi) is 6.99. The van der Waals surface area contributed by atoms with Crippen molar-refractivity contribution in [3.63, 3.8) is 0 Å². The number of carboxylic acids is 1. The molecule has 0 atom stereocenters. The van der Waals surface area contributed by atoms with Crippen molar-refractivity contribution in [2.75, 3.05) is 25.1 Å². The summed E-state index contributed by atoms with van der Waals surface area (Å²) in [6.45, 7) is 0.521. The zero-order valence-electron chi connectivity index (χ0n) is 13.4. The molecule has 0 unspecified atom stereocenters. The molecule has 0 heterocycles. The second-order valence-electron chi connectivity index (χ2n) is 6.03. The van der Waals surface area contributed by atoms with Gasteiger partial charge in [0, 0.05) is 5.69 Å². The molecule has 1 amide bonds. The molecule has 2 rings (SSSR count). The van der Waals surface area contributed by atoms with E-state index in [1.54, 1.807) is 6.07 Å². The summed E-state index contributed by atoms with van der Waals surface area (Å²) in [5, 5.41) is 11.0. The number of aliphatic carboxylic acids is 1. The van der Waals surface area contributed by atoms with Crippen LogP contribution in [-0.2, 0) is 14.3 Å². The normalized spacial score (nSPS) is 20.4. The van der Waals surface area contributed by atoms with Crippen LogP contribution < -0.4 is 5.32 Å². The minimum absolute atomic E-state index is 0.261. The van der Waals surface area contributed by atoms with E-state index in [0.717, 1.165) is 25.7 Å². The summed E-state index contributed by atoms with van der Waals surface area (Å²) in [5.74, 6) is -0.724. The molecule has 0 bridgehead atoms. The van der Waals surface area contributed by atoms with E-state index in [-0.39, 0.29) is 6.61 Å². The van der Waals surface area contributed by atoms with Crippen LogP contribution in [0.4, 0.5) is 14.9 Å². The molecule has 6 nitrogen and oxygen atoms in total. The summed E-state index contributed by atoms with van der Waals surface area (Å²) in [6, 6.07) is 5.63. The molecule has 24 heavy (non-hydrogen) atoms. The highest BCUT2D eigenvalue weighted by Crippen LogP contribution is 2.29. The van der Waals surface area contributed by atoms with E-state index in [4.69, 9.17) is 14.6 Å². The van der Waals surface area contributed by atoms with E-state index in [9.17, 15) is 14.0 Å². The van der Waals surface area contributed by atoms with Gasteiger partial charge in [0.1, 0.15) is 12.4 Å². The average molecular weight is 339 g/mol. The summed E-state index contributed by atoms with van der Waals surface area (Å²) in [4.78, 5) is 22.1. The molecule has 2 N–H and O–H groups in total. The van der Waals surface area contributed by atoms with Crippen LogP contribution >= 0.6 is 0 Å². The largest absolute Gasteiger partial charge is 0.480 e. The maximum absolute atomic E-state index is 13.0. The summed E-state index contributed by atoms with van der Waals surface area (Å²) < 4.78 is 23.3. The summed E-state index contributed by atoms with van der Waals surface area (Å²) in [7, 11) is 0. The molecule has 1 fully saturated rings. The molecule has 1 aromatic rings. The van der Waals surface area contributed by atoms with E-state index in [2.05, 4.69) is 5.32 Å². The van der Waals surface area contributed by atoms with E-state index >= 15 is 0 Å². The number of hydrogen-bond acceptors (Lipinski definition) is 4. The molecule has 1 aliphatic rings. The predicted molar refractivity (Wildman–Crippen MR) is 85.3 cm³/mol. The van der Waals surface area contributed by atoms with Gasteiger partial charge in [0.05, 0.1) is 13.2 Å². The molecule has 132 valence electrons. The second kappa shape index (κ2) is 9.22. The van der Waals surface area contributed by atoms with E-state index in [1.165, 1.54) is 18.2 Å². The van der Waals surface area contributed by atoms with Crippen LogP contribution in [0, 0.1) is 17.7 Å². The Hall–Kier alpha value is -2.15. The Morgan fingerprint density at radius 2 is 1.83 bits per heavy atom. The lowest BCUT2D eigenvalue weighted by Gasteiger charge is -2.27. The van der Waals surface area contributed by atoms with Gasteiger partial charge in [0.2, 0.25) is 0 Å². The van der Waals surface area contributed by atoms with Gasteiger partial charge < -0.3 is 14.6 Å². The van der Waals surface area contributed by atoms with Crippen molar-refractivity contribution in [1.82, 2.24) is 0 Å². The Balaban J connectivity index is 1.61. The molecule has 7 heteroatoms. The van der Waals surface area contributed by atoms with Gasteiger partial charge in [-0.05, 0) is 55.7 Å². The van der Waals surface area contributed by atoms with Crippen molar-refractivity contribution in [3.05, 3.63) is 30.1 Å². The first-order valence-corrected chi connectivity index (χ1v) is 8.02.